The van der Waals surface area contributed by atoms with Gasteiger partial charge in [-0.25, -0.2) is 0 Å². The van der Waals surface area contributed by atoms with Gasteiger partial charge in [-0.15, -0.1) is 0 Å². The number of aryl methyl sites for hydroxylation is 1. The van der Waals surface area contributed by atoms with E-state index in [0.29, 0.717) is 5.92 Å². The van der Waals surface area contributed by atoms with Crippen molar-refractivity contribution in [3.05, 3.63) is 70.2 Å². The van der Waals surface area contributed by atoms with Gasteiger partial charge in [-0.3, -0.25) is 0 Å². The lowest BCUT2D eigenvalue weighted by molar-refractivity contribution is 0.477. The molecule has 1 nitrogen and oxygen atoms in total. The zero-order chi connectivity index (χ0) is 15.1. The minimum atomic E-state index is 0.588. The van der Waals surface area contributed by atoms with Crippen molar-refractivity contribution in [2.24, 2.45) is 5.92 Å². The molecule has 0 bridgehead atoms. The number of nitrogens with one attached hydrogen (secondary N) is 1. The number of benzene rings is 2. The zero-order valence-corrected chi connectivity index (χ0v) is 13.7. The van der Waals surface area contributed by atoms with Crippen molar-refractivity contribution in [1.82, 2.24) is 5.32 Å². The molecule has 2 aromatic carbocycles. The Bertz CT molecular complexity index is 565. The Morgan fingerprint density at radius 1 is 1.05 bits per heavy atom. The van der Waals surface area contributed by atoms with Crippen LogP contribution in [-0.4, -0.2) is 13.1 Å². The van der Waals surface area contributed by atoms with Gasteiger partial charge in [-0.1, -0.05) is 54.9 Å². The van der Waals surface area contributed by atoms with Crippen molar-refractivity contribution in [3.63, 3.8) is 0 Å². The van der Waals surface area contributed by atoms with Crippen molar-refractivity contribution >= 4 is 11.6 Å². The highest BCUT2D eigenvalue weighted by Crippen LogP contribution is 2.19. The van der Waals surface area contributed by atoms with Crippen LogP contribution in [0.15, 0.2) is 48.5 Å². The summed E-state index contributed by atoms with van der Waals surface area (Å²) in [6, 6.07) is 16.9. The van der Waals surface area contributed by atoms with Crippen LogP contribution in [0.2, 0.25) is 5.02 Å². The van der Waals surface area contributed by atoms with E-state index in [1.54, 1.807) is 0 Å². The van der Waals surface area contributed by atoms with E-state index in [4.69, 9.17) is 11.6 Å². The summed E-state index contributed by atoms with van der Waals surface area (Å²) in [5.41, 5.74) is 4.14. The summed E-state index contributed by atoms with van der Waals surface area (Å²) in [5.74, 6) is 0.588. The Hall–Kier alpha value is -1.31. The van der Waals surface area contributed by atoms with E-state index in [9.17, 15) is 0 Å². The van der Waals surface area contributed by atoms with E-state index >= 15 is 0 Å². The lowest BCUT2D eigenvalue weighted by atomic mass is 9.90. The largest absolute Gasteiger partial charge is 0.317 e. The predicted octanol–water partition coefficient (Wildman–Crippen LogP) is 4.66. The quantitative estimate of drug-likeness (QED) is 0.784. The molecule has 2 aromatic rings. The van der Waals surface area contributed by atoms with Gasteiger partial charge in [0.1, 0.15) is 0 Å². The van der Waals surface area contributed by atoms with E-state index < -0.39 is 0 Å². The molecule has 0 aliphatic heterocycles. The molecule has 0 amide bonds. The van der Waals surface area contributed by atoms with Gasteiger partial charge in [0.25, 0.3) is 0 Å². The average molecular weight is 302 g/mol. The maximum absolute atomic E-state index is 6.10. The third-order valence-corrected chi connectivity index (χ3v) is 4.10. The fourth-order valence-corrected chi connectivity index (χ4v) is 2.93. The number of hydrogen-bond acceptors (Lipinski definition) is 1. The first-order valence-electron chi connectivity index (χ1n) is 7.68. The molecule has 0 heterocycles. The molecular weight excluding hydrogens is 278 g/mol. The van der Waals surface area contributed by atoms with Crippen LogP contribution in [0.5, 0.6) is 0 Å². The monoisotopic (exact) mass is 301 g/mol. The summed E-state index contributed by atoms with van der Waals surface area (Å²) in [7, 11) is 0. The second-order valence-electron chi connectivity index (χ2n) is 5.64. The van der Waals surface area contributed by atoms with Crippen molar-refractivity contribution in [1.29, 1.82) is 0 Å². The van der Waals surface area contributed by atoms with Crippen LogP contribution in [0, 0.1) is 12.8 Å². The number of halogens is 1. The van der Waals surface area contributed by atoms with Gasteiger partial charge >= 0.3 is 0 Å². The molecule has 0 aliphatic carbocycles. The van der Waals surface area contributed by atoms with E-state index in [2.05, 4.69) is 55.6 Å². The highest BCUT2D eigenvalue weighted by molar-refractivity contribution is 6.30. The van der Waals surface area contributed by atoms with E-state index in [1.807, 2.05) is 12.1 Å². The molecule has 1 N–H and O–H groups in total. The van der Waals surface area contributed by atoms with E-state index in [1.165, 1.54) is 16.7 Å². The maximum Gasteiger partial charge on any atom is 0.0408 e. The second kappa shape index (κ2) is 8.21. The molecule has 0 spiro atoms. The summed E-state index contributed by atoms with van der Waals surface area (Å²) in [4.78, 5) is 0. The molecular formula is C19H24ClN. The second-order valence-corrected chi connectivity index (χ2v) is 6.07. The molecule has 2 rings (SSSR count). The third-order valence-electron chi connectivity index (χ3n) is 3.87. The van der Waals surface area contributed by atoms with E-state index in [0.717, 1.165) is 31.0 Å². The van der Waals surface area contributed by atoms with Crippen LogP contribution in [-0.2, 0) is 12.8 Å². The molecule has 0 saturated carbocycles. The van der Waals surface area contributed by atoms with Gasteiger partial charge < -0.3 is 5.32 Å². The Balaban J connectivity index is 2.09. The lowest BCUT2D eigenvalue weighted by Crippen LogP contribution is -2.26. The van der Waals surface area contributed by atoms with Crippen molar-refractivity contribution in [2.75, 3.05) is 13.1 Å². The fraction of sp³-hybridized carbons (Fsp3) is 0.368. The minimum Gasteiger partial charge on any atom is -0.317 e. The number of rotatable bonds is 7. The van der Waals surface area contributed by atoms with Crippen molar-refractivity contribution in [2.45, 2.75) is 26.7 Å². The van der Waals surface area contributed by atoms with E-state index in [-0.39, 0.29) is 0 Å². The average Bonchev–Trinajstić information content (AvgIpc) is 2.47. The lowest BCUT2D eigenvalue weighted by Gasteiger charge is -2.19. The van der Waals surface area contributed by atoms with Gasteiger partial charge in [0.2, 0.25) is 0 Å². The molecule has 0 saturated heterocycles. The molecule has 0 aromatic heterocycles. The number of hydrogen-bond donors (Lipinski definition) is 1. The van der Waals surface area contributed by atoms with Crippen molar-refractivity contribution < 1.29 is 0 Å². The van der Waals surface area contributed by atoms with Crippen LogP contribution in [0.4, 0.5) is 0 Å². The van der Waals surface area contributed by atoms with Crippen LogP contribution in [0.1, 0.15) is 23.6 Å². The summed E-state index contributed by atoms with van der Waals surface area (Å²) in [6.45, 7) is 6.40. The van der Waals surface area contributed by atoms with Crippen LogP contribution in [0.25, 0.3) is 0 Å². The Morgan fingerprint density at radius 2 is 1.86 bits per heavy atom. The molecule has 0 aliphatic rings. The SMILES string of the molecule is CCNCC(Cc1cccc(Cl)c1)Cc1ccccc1C. The fourth-order valence-electron chi connectivity index (χ4n) is 2.71. The smallest absolute Gasteiger partial charge is 0.0408 e. The summed E-state index contributed by atoms with van der Waals surface area (Å²) in [6.07, 6.45) is 2.16. The van der Waals surface area contributed by atoms with Crippen molar-refractivity contribution in [3.8, 4) is 0 Å². The maximum atomic E-state index is 6.10. The van der Waals surface area contributed by atoms with Crippen LogP contribution in [0.3, 0.4) is 0 Å². The minimum absolute atomic E-state index is 0.588. The molecule has 1 atom stereocenters. The Labute approximate surface area is 133 Å². The summed E-state index contributed by atoms with van der Waals surface area (Å²) >= 11 is 6.10. The molecule has 0 fully saturated rings. The molecule has 0 radical (unpaired) electrons. The van der Waals surface area contributed by atoms with Gasteiger partial charge in [-0.2, -0.15) is 0 Å². The summed E-state index contributed by atoms with van der Waals surface area (Å²) in [5, 5.41) is 4.31. The zero-order valence-electron chi connectivity index (χ0n) is 12.9. The van der Waals surface area contributed by atoms with Crippen LogP contribution < -0.4 is 5.32 Å². The predicted molar refractivity (Wildman–Crippen MR) is 92.1 cm³/mol. The molecule has 1 unspecified atom stereocenters. The molecule has 21 heavy (non-hydrogen) atoms. The third kappa shape index (κ3) is 5.18. The topological polar surface area (TPSA) is 12.0 Å². The van der Waals surface area contributed by atoms with Gasteiger partial charge in [0.15, 0.2) is 0 Å². The van der Waals surface area contributed by atoms with Crippen LogP contribution >= 0.6 is 11.6 Å². The first-order valence-corrected chi connectivity index (χ1v) is 8.06. The normalized spacial score (nSPS) is 12.3. The van der Waals surface area contributed by atoms with Gasteiger partial charge in [-0.05, 0) is 67.6 Å². The Kier molecular flexibility index (Phi) is 6.28. The van der Waals surface area contributed by atoms with Gasteiger partial charge in [0.05, 0.1) is 0 Å². The highest BCUT2D eigenvalue weighted by Gasteiger charge is 2.12. The highest BCUT2D eigenvalue weighted by atomic mass is 35.5. The first-order chi connectivity index (χ1) is 10.2. The molecule has 2 heteroatoms. The van der Waals surface area contributed by atoms with Gasteiger partial charge in [0, 0.05) is 5.02 Å². The first kappa shape index (κ1) is 16.1. The molecule has 112 valence electrons. The standard InChI is InChI=1S/C19H24ClN/c1-3-21-14-17(11-16-8-6-10-19(20)13-16)12-18-9-5-4-7-15(18)2/h4-10,13,17,21H,3,11-12,14H2,1-2H3. The summed E-state index contributed by atoms with van der Waals surface area (Å²) < 4.78 is 0. The Morgan fingerprint density at radius 3 is 2.57 bits per heavy atom.